The average molecular weight is 286 g/mol. The van der Waals surface area contributed by atoms with Gasteiger partial charge in [-0.1, -0.05) is 43.7 Å². The third-order valence-electron chi connectivity index (χ3n) is 5.22. The summed E-state index contributed by atoms with van der Waals surface area (Å²) in [5.41, 5.74) is 1.56. The highest BCUT2D eigenvalue weighted by Crippen LogP contribution is 2.43. The van der Waals surface area contributed by atoms with Crippen LogP contribution in [0.15, 0.2) is 30.3 Å². The molecule has 3 heteroatoms. The number of urea groups is 1. The summed E-state index contributed by atoms with van der Waals surface area (Å²) in [7, 11) is 0. The Hall–Kier alpha value is -1.51. The summed E-state index contributed by atoms with van der Waals surface area (Å²) in [6.45, 7) is 4.83. The second-order valence-corrected chi connectivity index (χ2v) is 6.85. The van der Waals surface area contributed by atoms with Gasteiger partial charge in [0.1, 0.15) is 0 Å². The van der Waals surface area contributed by atoms with Crippen LogP contribution in [0, 0.1) is 5.92 Å². The molecule has 0 radical (unpaired) electrons. The first-order chi connectivity index (χ1) is 10.2. The maximum atomic E-state index is 12.4. The van der Waals surface area contributed by atoms with Gasteiger partial charge in [-0.25, -0.2) is 4.79 Å². The number of nitrogens with zero attached hydrogens (tertiary/aromatic N) is 1. The fourth-order valence-electron chi connectivity index (χ4n) is 3.69. The van der Waals surface area contributed by atoms with Crippen molar-refractivity contribution < 1.29 is 4.79 Å². The zero-order valence-electron chi connectivity index (χ0n) is 13.0. The van der Waals surface area contributed by atoms with Gasteiger partial charge < -0.3 is 10.2 Å². The highest BCUT2D eigenvalue weighted by Gasteiger charge is 2.39. The van der Waals surface area contributed by atoms with Crippen molar-refractivity contribution in [1.82, 2.24) is 10.2 Å². The standard InChI is InChI=1S/C18H26N2O/c1-15-7-5-12-20(13-15)17(21)19-14-18(10-6-11-18)16-8-3-2-4-9-16/h2-4,8-9,15H,5-7,10-14H2,1H3,(H,19,21). The van der Waals surface area contributed by atoms with Gasteiger partial charge in [-0.15, -0.1) is 0 Å². The molecule has 21 heavy (non-hydrogen) atoms. The van der Waals surface area contributed by atoms with Gasteiger partial charge >= 0.3 is 6.03 Å². The molecule has 3 nitrogen and oxygen atoms in total. The van der Waals surface area contributed by atoms with Gasteiger partial charge in [-0.2, -0.15) is 0 Å². The van der Waals surface area contributed by atoms with Crippen LogP contribution in [-0.2, 0) is 5.41 Å². The fraction of sp³-hybridized carbons (Fsp3) is 0.611. The lowest BCUT2D eigenvalue weighted by molar-refractivity contribution is 0.160. The van der Waals surface area contributed by atoms with E-state index in [1.165, 1.54) is 31.2 Å². The number of hydrogen-bond donors (Lipinski definition) is 1. The lowest BCUT2D eigenvalue weighted by atomic mass is 9.64. The summed E-state index contributed by atoms with van der Waals surface area (Å²) < 4.78 is 0. The first kappa shape index (κ1) is 14.4. The van der Waals surface area contributed by atoms with E-state index >= 15 is 0 Å². The minimum absolute atomic E-state index is 0.128. The number of carbonyl (C=O) groups excluding carboxylic acids is 1. The van der Waals surface area contributed by atoms with Gasteiger partial charge in [0.15, 0.2) is 0 Å². The van der Waals surface area contributed by atoms with Gasteiger partial charge in [0.2, 0.25) is 0 Å². The van der Waals surface area contributed by atoms with Crippen LogP contribution in [0.2, 0.25) is 0 Å². The minimum Gasteiger partial charge on any atom is -0.337 e. The maximum absolute atomic E-state index is 12.4. The van der Waals surface area contributed by atoms with E-state index in [-0.39, 0.29) is 11.4 Å². The van der Waals surface area contributed by atoms with Crippen LogP contribution < -0.4 is 5.32 Å². The first-order valence-corrected chi connectivity index (χ1v) is 8.28. The fourth-order valence-corrected chi connectivity index (χ4v) is 3.69. The van der Waals surface area contributed by atoms with E-state index in [0.717, 1.165) is 26.1 Å². The van der Waals surface area contributed by atoms with Crippen molar-refractivity contribution >= 4 is 6.03 Å². The number of rotatable bonds is 3. The SMILES string of the molecule is CC1CCCN(C(=O)NCC2(c3ccccc3)CCC2)C1. The zero-order chi connectivity index (χ0) is 14.7. The van der Waals surface area contributed by atoms with Crippen LogP contribution in [0.3, 0.4) is 0 Å². The zero-order valence-corrected chi connectivity index (χ0v) is 13.0. The molecule has 114 valence electrons. The van der Waals surface area contributed by atoms with E-state index < -0.39 is 0 Å². The monoisotopic (exact) mass is 286 g/mol. The van der Waals surface area contributed by atoms with Gasteiger partial charge in [-0.3, -0.25) is 0 Å². The molecule has 1 aromatic rings. The molecule has 3 rings (SSSR count). The molecule has 0 spiro atoms. The van der Waals surface area contributed by atoms with E-state index in [1.807, 2.05) is 4.90 Å². The summed E-state index contributed by atoms with van der Waals surface area (Å²) in [5.74, 6) is 0.635. The van der Waals surface area contributed by atoms with E-state index in [1.54, 1.807) is 0 Å². The van der Waals surface area contributed by atoms with Crippen molar-refractivity contribution in [1.29, 1.82) is 0 Å². The normalized spacial score (nSPS) is 24.2. The van der Waals surface area contributed by atoms with E-state index in [9.17, 15) is 4.79 Å². The van der Waals surface area contributed by atoms with Crippen LogP contribution in [-0.4, -0.2) is 30.6 Å². The Labute approximate surface area is 127 Å². The van der Waals surface area contributed by atoms with Gasteiger partial charge in [0.05, 0.1) is 0 Å². The second kappa shape index (κ2) is 6.08. The van der Waals surface area contributed by atoms with E-state index in [0.29, 0.717) is 5.92 Å². The quantitative estimate of drug-likeness (QED) is 0.905. The number of carbonyl (C=O) groups is 1. The summed E-state index contributed by atoms with van der Waals surface area (Å²) in [5, 5.41) is 3.20. The van der Waals surface area contributed by atoms with Crippen molar-refractivity contribution in [3.8, 4) is 0 Å². The molecule has 0 aromatic heterocycles. The molecule has 2 fully saturated rings. The molecule has 1 atom stereocenters. The Morgan fingerprint density at radius 2 is 2.05 bits per heavy atom. The molecule has 1 aliphatic carbocycles. The maximum Gasteiger partial charge on any atom is 0.317 e. The topological polar surface area (TPSA) is 32.3 Å². The Kier molecular flexibility index (Phi) is 4.18. The summed E-state index contributed by atoms with van der Waals surface area (Å²) in [4.78, 5) is 14.4. The smallest absolute Gasteiger partial charge is 0.317 e. The summed E-state index contributed by atoms with van der Waals surface area (Å²) in [6.07, 6.45) is 6.03. The van der Waals surface area contributed by atoms with Crippen LogP contribution in [0.5, 0.6) is 0 Å². The van der Waals surface area contributed by atoms with Gasteiger partial charge in [-0.05, 0) is 37.2 Å². The van der Waals surface area contributed by atoms with E-state index in [2.05, 4.69) is 42.6 Å². The second-order valence-electron chi connectivity index (χ2n) is 6.85. The molecule has 1 aliphatic heterocycles. The number of benzene rings is 1. The van der Waals surface area contributed by atoms with Crippen molar-refractivity contribution in [2.24, 2.45) is 5.92 Å². The molecule has 1 aromatic carbocycles. The Bertz CT molecular complexity index is 481. The Balaban J connectivity index is 1.59. The van der Waals surface area contributed by atoms with Crippen molar-refractivity contribution in [2.45, 2.75) is 44.4 Å². The number of likely N-dealkylation sites (tertiary alicyclic amines) is 1. The number of amides is 2. The molecule has 1 unspecified atom stereocenters. The van der Waals surface area contributed by atoms with Crippen molar-refractivity contribution in [3.05, 3.63) is 35.9 Å². The molecule has 1 saturated heterocycles. The average Bonchev–Trinajstić information content (AvgIpc) is 2.47. The van der Waals surface area contributed by atoms with Crippen molar-refractivity contribution in [2.75, 3.05) is 19.6 Å². The molecule has 1 N–H and O–H groups in total. The molecular weight excluding hydrogens is 260 g/mol. The molecule has 2 amide bonds. The van der Waals surface area contributed by atoms with Crippen LogP contribution in [0.4, 0.5) is 4.79 Å². The summed E-state index contributed by atoms with van der Waals surface area (Å²) in [6, 6.07) is 10.8. The summed E-state index contributed by atoms with van der Waals surface area (Å²) >= 11 is 0. The number of nitrogens with one attached hydrogen (secondary N) is 1. The molecule has 2 aliphatic rings. The molecular formula is C18H26N2O. The highest BCUT2D eigenvalue weighted by atomic mass is 16.2. The third-order valence-corrected chi connectivity index (χ3v) is 5.22. The largest absolute Gasteiger partial charge is 0.337 e. The molecule has 1 heterocycles. The predicted molar refractivity (Wildman–Crippen MR) is 85.3 cm³/mol. The van der Waals surface area contributed by atoms with Crippen LogP contribution >= 0.6 is 0 Å². The van der Waals surface area contributed by atoms with Crippen LogP contribution in [0.1, 0.15) is 44.6 Å². The highest BCUT2D eigenvalue weighted by molar-refractivity contribution is 5.74. The Morgan fingerprint density at radius 1 is 1.29 bits per heavy atom. The molecule has 0 bridgehead atoms. The third kappa shape index (κ3) is 3.07. The van der Waals surface area contributed by atoms with E-state index in [4.69, 9.17) is 0 Å². The minimum atomic E-state index is 0.128. The van der Waals surface area contributed by atoms with Crippen LogP contribution in [0.25, 0.3) is 0 Å². The first-order valence-electron chi connectivity index (χ1n) is 8.28. The number of piperidine rings is 1. The van der Waals surface area contributed by atoms with Crippen molar-refractivity contribution in [3.63, 3.8) is 0 Å². The number of hydrogen-bond acceptors (Lipinski definition) is 1. The Morgan fingerprint density at radius 3 is 2.67 bits per heavy atom. The lowest BCUT2D eigenvalue weighted by Crippen LogP contribution is -2.51. The molecule has 1 saturated carbocycles. The predicted octanol–water partition coefficient (Wildman–Crippen LogP) is 3.55. The van der Waals surface area contributed by atoms with Gasteiger partial charge in [0, 0.05) is 25.0 Å². The lowest BCUT2D eigenvalue weighted by Gasteiger charge is -2.43. The van der Waals surface area contributed by atoms with Gasteiger partial charge in [0.25, 0.3) is 0 Å².